The van der Waals surface area contributed by atoms with Crippen LogP contribution >= 0.6 is 12.6 Å². The number of aliphatic imine (C=N–C) groups is 1. The number of guanidine groups is 1. The smallest absolute Gasteiger partial charge is 0.327 e. The molecule has 0 spiro atoms. The Hall–Kier alpha value is -3.07. The van der Waals surface area contributed by atoms with E-state index in [9.17, 15) is 29.1 Å². The maximum Gasteiger partial charge on any atom is 0.327 e. The second-order valence-electron chi connectivity index (χ2n) is 7.42. The third kappa shape index (κ3) is 11.9. The summed E-state index contributed by atoms with van der Waals surface area (Å²) in [7, 11) is 0. The standard InChI is InChI=1S/C17H31N7O7S/c1-17(2,32)12(15(30)31)24-14(29)9(6-11(26)27)23-10(25)7-22-13(28)8(18)4-3-5-21-16(19)20/h8-9,12,32H,3-7,18H2,1-2H3,(H,22,28)(H,23,25)(H,24,29)(H,26,27)(H,30,31)(H4,19,20,21)/t8-,9-,12+/m0/s1. The number of nitrogens with one attached hydrogen (secondary N) is 3. The van der Waals surface area contributed by atoms with Gasteiger partial charge in [0, 0.05) is 11.3 Å². The second kappa shape index (κ2) is 13.4. The molecule has 0 rings (SSSR count). The van der Waals surface area contributed by atoms with Gasteiger partial charge in [-0.1, -0.05) is 0 Å². The van der Waals surface area contributed by atoms with Gasteiger partial charge in [-0.2, -0.15) is 12.6 Å². The van der Waals surface area contributed by atoms with Gasteiger partial charge in [-0.15, -0.1) is 0 Å². The maximum atomic E-state index is 12.4. The van der Waals surface area contributed by atoms with Gasteiger partial charge in [-0.05, 0) is 26.7 Å². The number of carboxylic acids is 2. The van der Waals surface area contributed by atoms with E-state index in [4.69, 9.17) is 22.3 Å². The van der Waals surface area contributed by atoms with Crippen molar-refractivity contribution in [2.24, 2.45) is 22.2 Å². The number of rotatable bonds is 14. The summed E-state index contributed by atoms with van der Waals surface area (Å²) < 4.78 is -1.18. The predicted molar refractivity (Wildman–Crippen MR) is 118 cm³/mol. The second-order valence-corrected chi connectivity index (χ2v) is 8.58. The van der Waals surface area contributed by atoms with Gasteiger partial charge < -0.3 is 43.4 Å². The van der Waals surface area contributed by atoms with Crippen molar-refractivity contribution in [3.05, 3.63) is 0 Å². The lowest BCUT2D eigenvalue weighted by Crippen LogP contribution is -2.58. The van der Waals surface area contributed by atoms with Gasteiger partial charge in [0.15, 0.2) is 5.96 Å². The van der Waals surface area contributed by atoms with Crippen molar-refractivity contribution in [3.63, 3.8) is 0 Å². The van der Waals surface area contributed by atoms with Crippen LogP contribution in [0.15, 0.2) is 4.99 Å². The Balaban J connectivity index is 4.86. The highest BCUT2D eigenvalue weighted by Gasteiger charge is 2.36. The molecule has 32 heavy (non-hydrogen) atoms. The van der Waals surface area contributed by atoms with Crippen LogP contribution in [0.25, 0.3) is 0 Å². The lowest BCUT2D eigenvalue weighted by molar-refractivity contribution is -0.144. The Labute approximate surface area is 190 Å². The fraction of sp³-hybridized carbons (Fsp3) is 0.647. The first-order valence-electron chi connectivity index (χ1n) is 9.50. The number of carbonyl (C=O) groups excluding carboxylic acids is 3. The lowest BCUT2D eigenvalue weighted by atomic mass is 10.0. The molecule has 0 aromatic carbocycles. The van der Waals surface area contributed by atoms with Crippen LogP contribution in [-0.4, -0.2) is 81.8 Å². The predicted octanol–water partition coefficient (Wildman–Crippen LogP) is -3.28. The molecule has 0 saturated heterocycles. The molecule has 0 saturated carbocycles. The van der Waals surface area contributed by atoms with Crippen LogP contribution in [0.4, 0.5) is 0 Å². The van der Waals surface area contributed by atoms with Crippen LogP contribution in [0.1, 0.15) is 33.1 Å². The summed E-state index contributed by atoms with van der Waals surface area (Å²) >= 11 is 4.11. The van der Waals surface area contributed by atoms with E-state index >= 15 is 0 Å². The first-order chi connectivity index (χ1) is 14.6. The Bertz CT molecular complexity index is 735. The molecule has 0 aromatic heterocycles. The minimum atomic E-state index is -1.58. The third-order valence-electron chi connectivity index (χ3n) is 4.00. The van der Waals surface area contributed by atoms with Gasteiger partial charge in [0.2, 0.25) is 17.7 Å². The monoisotopic (exact) mass is 477 g/mol. The summed E-state index contributed by atoms with van der Waals surface area (Å²) in [5.74, 6) is -5.43. The fourth-order valence-electron chi connectivity index (χ4n) is 2.36. The van der Waals surface area contributed by atoms with Crippen LogP contribution < -0.4 is 33.2 Å². The molecule has 0 bridgehead atoms. The molecule has 15 heteroatoms. The quantitative estimate of drug-likeness (QED) is 0.0521. The first kappa shape index (κ1) is 28.9. The van der Waals surface area contributed by atoms with E-state index in [1.807, 2.05) is 0 Å². The van der Waals surface area contributed by atoms with Crippen molar-refractivity contribution in [1.82, 2.24) is 16.0 Å². The van der Waals surface area contributed by atoms with Gasteiger partial charge in [0.1, 0.15) is 12.1 Å². The van der Waals surface area contributed by atoms with E-state index in [-0.39, 0.29) is 18.9 Å². The summed E-state index contributed by atoms with van der Waals surface area (Å²) in [6.07, 6.45) is -0.148. The maximum absolute atomic E-state index is 12.4. The van der Waals surface area contributed by atoms with Crippen LogP contribution in [0.2, 0.25) is 0 Å². The SMILES string of the molecule is CC(C)(S)[C@H](NC(=O)[C@H](CC(=O)O)NC(=O)CNC(=O)[C@@H](N)CCCN=C(N)N)C(=O)O. The topological polar surface area (TPSA) is 252 Å². The summed E-state index contributed by atoms with van der Waals surface area (Å²) in [6.45, 7) is 2.58. The average molecular weight is 478 g/mol. The molecule has 0 heterocycles. The number of hydrogen-bond donors (Lipinski definition) is 9. The van der Waals surface area contributed by atoms with E-state index in [1.165, 1.54) is 13.8 Å². The summed E-state index contributed by atoms with van der Waals surface area (Å²) in [5, 5.41) is 24.8. The van der Waals surface area contributed by atoms with Crippen molar-refractivity contribution in [1.29, 1.82) is 0 Å². The zero-order valence-electron chi connectivity index (χ0n) is 17.8. The number of amides is 3. The Morgan fingerprint density at radius 3 is 2.12 bits per heavy atom. The highest BCUT2D eigenvalue weighted by Crippen LogP contribution is 2.18. The van der Waals surface area contributed by atoms with Crippen LogP contribution in [0.3, 0.4) is 0 Å². The molecule has 0 aliphatic rings. The van der Waals surface area contributed by atoms with E-state index in [0.29, 0.717) is 6.42 Å². The van der Waals surface area contributed by atoms with Crippen molar-refractivity contribution < 1.29 is 34.2 Å². The molecule has 3 atom stereocenters. The number of aliphatic carboxylic acids is 2. The zero-order chi connectivity index (χ0) is 25.1. The van der Waals surface area contributed by atoms with E-state index < -0.39 is 65.5 Å². The van der Waals surface area contributed by atoms with Gasteiger partial charge in [-0.3, -0.25) is 24.2 Å². The molecular weight excluding hydrogens is 446 g/mol. The summed E-state index contributed by atoms with van der Waals surface area (Å²) in [4.78, 5) is 62.6. The van der Waals surface area contributed by atoms with Gasteiger partial charge in [-0.25, -0.2) is 4.79 Å². The molecule has 0 aliphatic carbocycles. The summed E-state index contributed by atoms with van der Waals surface area (Å²) in [6, 6.07) is -3.98. The number of thiol groups is 1. The minimum Gasteiger partial charge on any atom is -0.481 e. The Kier molecular flexibility index (Phi) is 12.1. The molecule has 0 fully saturated rings. The van der Waals surface area contributed by atoms with Gasteiger partial charge in [0.05, 0.1) is 19.0 Å². The summed E-state index contributed by atoms with van der Waals surface area (Å²) in [5.41, 5.74) is 16.1. The zero-order valence-corrected chi connectivity index (χ0v) is 18.7. The Morgan fingerprint density at radius 1 is 1.06 bits per heavy atom. The van der Waals surface area contributed by atoms with Crippen LogP contribution in [0, 0.1) is 0 Å². The fourth-order valence-corrected chi connectivity index (χ4v) is 2.54. The van der Waals surface area contributed by atoms with E-state index in [0.717, 1.165) is 0 Å². The number of nitrogens with zero attached hydrogens (tertiary/aromatic N) is 1. The lowest BCUT2D eigenvalue weighted by Gasteiger charge is -2.28. The van der Waals surface area contributed by atoms with E-state index in [2.05, 4.69) is 33.6 Å². The molecule has 11 N–H and O–H groups in total. The van der Waals surface area contributed by atoms with Crippen molar-refractivity contribution in [3.8, 4) is 0 Å². The molecule has 0 unspecified atom stereocenters. The van der Waals surface area contributed by atoms with Crippen LogP contribution in [0.5, 0.6) is 0 Å². The molecule has 0 aromatic rings. The largest absolute Gasteiger partial charge is 0.481 e. The number of hydrogen-bond acceptors (Lipinski definition) is 8. The minimum absolute atomic E-state index is 0.0905. The molecular formula is C17H31N7O7S. The third-order valence-corrected chi connectivity index (χ3v) is 4.26. The van der Waals surface area contributed by atoms with Gasteiger partial charge in [0.25, 0.3) is 0 Å². The normalized spacial score (nSPS) is 13.8. The number of nitrogens with two attached hydrogens (primary N) is 3. The van der Waals surface area contributed by atoms with Crippen molar-refractivity contribution >= 4 is 48.2 Å². The highest BCUT2D eigenvalue weighted by molar-refractivity contribution is 7.81. The van der Waals surface area contributed by atoms with Crippen LogP contribution in [-0.2, 0) is 24.0 Å². The molecule has 14 nitrogen and oxygen atoms in total. The highest BCUT2D eigenvalue weighted by atomic mass is 32.1. The number of carboxylic acid groups (broad SMARTS) is 2. The average Bonchev–Trinajstić information content (AvgIpc) is 2.64. The van der Waals surface area contributed by atoms with Crippen molar-refractivity contribution in [2.75, 3.05) is 13.1 Å². The van der Waals surface area contributed by atoms with E-state index in [1.54, 1.807) is 0 Å². The van der Waals surface area contributed by atoms with Crippen molar-refractivity contribution in [2.45, 2.75) is 56.0 Å². The molecule has 182 valence electrons. The first-order valence-corrected chi connectivity index (χ1v) is 9.95. The molecule has 0 radical (unpaired) electrons. The van der Waals surface area contributed by atoms with Gasteiger partial charge >= 0.3 is 11.9 Å². The molecule has 0 aliphatic heterocycles. The molecule has 3 amide bonds. The Morgan fingerprint density at radius 2 is 1.66 bits per heavy atom. The number of carbonyl (C=O) groups is 5.